The van der Waals surface area contributed by atoms with Gasteiger partial charge in [0.1, 0.15) is 10.7 Å². The van der Waals surface area contributed by atoms with Crippen LogP contribution >= 0.6 is 23.1 Å². The monoisotopic (exact) mass is 647 g/mol. The first kappa shape index (κ1) is 34.8. The predicted octanol–water partition coefficient (Wildman–Crippen LogP) is 7.05. The number of aromatic nitrogens is 2. The van der Waals surface area contributed by atoms with Gasteiger partial charge in [-0.25, -0.2) is 4.79 Å². The molecular formula is C31H41N3O8S2. The van der Waals surface area contributed by atoms with E-state index in [1.165, 1.54) is 56.6 Å². The summed E-state index contributed by atoms with van der Waals surface area (Å²) < 4.78 is 33.8. The Morgan fingerprint density at radius 1 is 0.773 bits per heavy atom. The Morgan fingerprint density at radius 2 is 1.41 bits per heavy atom. The molecule has 2 aromatic carbocycles. The fraction of sp³-hybridized carbons (Fsp3) is 0.484. The molecule has 0 saturated heterocycles. The maximum absolute atomic E-state index is 12.6. The topological polar surface area (TPSA) is 120 Å². The predicted molar refractivity (Wildman–Crippen MR) is 172 cm³/mol. The molecule has 240 valence electrons. The normalized spacial score (nSPS) is 11.2. The summed E-state index contributed by atoms with van der Waals surface area (Å²) in [6, 6.07) is 7.19. The summed E-state index contributed by atoms with van der Waals surface area (Å²) in [5, 5.41) is 13.7. The molecule has 1 heterocycles. The van der Waals surface area contributed by atoms with Crippen LogP contribution < -0.4 is 28.4 Å². The van der Waals surface area contributed by atoms with Gasteiger partial charge in [0.15, 0.2) is 27.3 Å². The minimum Gasteiger partial charge on any atom is -0.493 e. The quantitative estimate of drug-likeness (QED) is 0.0438. The van der Waals surface area contributed by atoms with Crippen LogP contribution in [0.4, 0.5) is 0 Å². The van der Waals surface area contributed by atoms with Gasteiger partial charge in [-0.15, -0.1) is 10.2 Å². The maximum atomic E-state index is 12.6. The average Bonchev–Trinajstić information content (AvgIpc) is 3.53. The Hall–Kier alpha value is -3.71. The number of rotatable bonds is 19. The molecule has 0 aliphatic rings. The van der Waals surface area contributed by atoms with E-state index in [0.717, 1.165) is 24.8 Å². The first-order chi connectivity index (χ1) is 21.4. The molecule has 0 fully saturated rings. The Kier molecular flexibility index (Phi) is 14.4. The first-order valence-corrected chi connectivity index (χ1v) is 16.1. The second-order valence-electron chi connectivity index (χ2n) is 9.48. The van der Waals surface area contributed by atoms with Gasteiger partial charge in [0.2, 0.25) is 11.5 Å². The fourth-order valence-corrected chi connectivity index (χ4v) is 6.18. The number of ether oxygens (including phenoxy) is 6. The molecule has 3 aromatic rings. The number of unbranched alkanes of at least 4 members (excludes halogenated alkanes) is 5. The summed E-state index contributed by atoms with van der Waals surface area (Å²) >= 11 is 2.79. The molecule has 0 N–H and O–H groups in total. The van der Waals surface area contributed by atoms with Gasteiger partial charge in [0.05, 0.1) is 42.7 Å². The minimum absolute atomic E-state index is 0.299. The zero-order valence-corrected chi connectivity index (χ0v) is 28.0. The molecule has 13 heteroatoms. The van der Waals surface area contributed by atoms with Gasteiger partial charge >= 0.3 is 5.97 Å². The van der Waals surface area contributed by atoms with Gasteiger partial charge in [-0.3, -0.25) is 0 Å². The zero-order chi connectivity index (χ0) is 31.9. The third kappa shape index (κ3) is 9.15. The minimum atomic E-state index is -0.386. The third-order valence-corrected chi connectivity index (χ3v) is 8.77. The molecule has 0 spiro atoms. The van der Waals surface area contributed by atoms with Gasteiger partial charge in [-0.05, 0) is 30.7 Å². The van der Waals surface area contributed by atoms with E-state index >= 15 is 0 Å². The molecule has 0 aliphatic heterocycles. The van der Waals surface area contributed by atoms with Crippen LogP contribution in [-0.2, 0) is 9.63 Å². The number of benzene rings is 2. The molecule has 0 saturated carbocycles. The molecule has 0 radical (unpaired) electrons. The van der Waals surface area contributed by atoms with Gasteiger partial charge < -0.3 is 33.3 Å². The highest BCUT2D eigenvalue weighted by Gasteiger charge is 2.22. The molecule has 44 heavy (non-hydrogen) atoms. The summed E-state index contributed by atoms with van der Waals surface area (Å²) in [6.45, 7) is 2.18. The van der Waals surface area contributed by atoms with Crippen molar-refractivity contribution in [2.45, 2.75) is 56.2 Å². The van der Waals surface area contributed by atoms with Gasteiger partial charge in [0, 0.05) is 23.3 Å². The van der Waals surface area contributed by atoms with Crippen LogP contribution in [0.25, 0.3) is 10.6 Å². The number of nitrogens with zero attached hydrogens (tertiary/aromatic N) is 3. The lowest BCUT2D eigenvalue weighted by molar-refractivity contribution is -0.143. The molecule has 0 amide bonds. The van der Waals surface area contributed by atoms with Crippen molar-refractivity contribution in [3.63, 3.8) is 0 Å². The summed E-state index contributed by atoms with van der Waals surface area (Å²) in [4.78, 5) is 18.0. The van der Waals surface area contributed by atoms with E-state index in [2.05, 4.69) is 22.3 Å². The van der Waals surface area contributed by atoms with Crippen LogP contribution in [0.2, 0.25) is 0 Å². The van der Waals surface area contributed by atoms with Crippen LogP contribution in [0.5, 0.6) is 34.5 Å². The van der Waals surface area contributed by atoms with E-state index in [-0.39, 0.29) is 5.97 Å². The highest BCUT2D eigenvalue weighted by atomic mass is 32.2. The third-order valence-electron chi connectivity index (χ3n) is 6.66. The van der Waals surface area contributed by atoms with Crippen molar-refractivity contribution in [3.8, 4) is 45.1 Å². The number of hydrogen-bond donors (Lipinski definition) is 0. The van der Waals surface area contributed by atoms with E-state index in [9.17, 15) is 4.79 Å². The second-order valence-corrected chi connectivity index (χ2v) is 11.7. The number of methoxy groups -OCH3 is 6. The molecule has 3 rings (SSSR count). The van der Waals surface area contributed by atoms with Crippen molar-refractivity contribution < 1.29 is 38.1 Å². The van der Waals surface area contributed by atoms with Crippen molar-refractivity contribution in [1.82, 2.24) is 10.2 Å². The van der Waals surface area contributed by atoms with Crippen molar-refractivity contribution in [1.29, 1.82) is 0 Å². The molecule has 0 unspecified atom stereocenters. The van der Waals surface area contributed by atoms with E-state index in [1.807, 2.05) is 12.1 Å². The lowest BCUT2D eigenvalue weighted by Crippen LogP contribution is -2.11. The molecule has 0 atom stereocenters. The van der Waals surface area contributed by atoms with E-state index in [0.29, 0.717) is 67.3 Å². The highest BCUT2D eigenvalue weighted by Crippen LogP contribution is 2.43. The van der Waals surface area contributed by atoms with Crippen molar-refractivity contribution in [2.75, 3.05) is 48.4 Å². The van der Waals surface area contributed by atoms with Gasteiger partial charge in [0.25, 0.3) is 0 Å². The summed E-state index contributed by atoms with van der Waals surface area (Å²) in [5.74, 6) is 2.77. The first-order valence-electron chi connectivity index (χ1n) is 14.3. The fourth-order valence-electron chi connectivity index (χ4n) is 4.40. The Balaban J connectivity index is 1.84. The van der Waals surface area contributed by atoms with Crippen molar-refractivity contribution >= 4 is 34.8 Å². The van der Waals surface area contributed by atoms with E-state index < -0.39 is 0 Å². The van der Waals surface area contributed by atoms with Crippen LogP contribution in [0.15, 0.2) is 33.8 Å². The summed E-state index contributed by atoms with van der Waals surface area (Å²) in [7, 11) is 9.29. The van der Waals surface area contributed by atoms with Crippen molar-refractivity contribution in [3.05, 3.63) is 29.8 Å². The van der Waals surface area contributed by atoms with Crippen LogP contribution in [0, 0.1) is 0 Å². The van der Waals surface area contributed by atoms with Crippen LogP contribution in [0.1, 0.15) is 57.4 Å². The largest absolute Gasteiger partial charge is 0.493 e. The Morgan fingerprint density at radius 3 is 2.02 bits per heavy atom. The highest BCUT2D eigenvalue weighted by molar-refractivity contribution is 8.01. The molecular weight excluding hydrogens is 606 g/mol. The summed E-state index contributed by atoms with van der Waals surface area (Å²) in [6.07, 6.45) is 6.72. The van der Waals surface area contributed by atoms with Gasteiger partial charge in [-0.2, -0.15) is 0 Å². The maximum Gasteiger partial charge on any atom is 0.335 e. The zero-order valence-electron chi connectivity index (χ0n) is 26.4. The summed E-state index contributed by atoms with van der Waals surface area (Å²) in [5.41, 5.74) is 1.83. The lowest BCUT2D eigenvalue weighted by atomic mass is 10.1. The standard InChI is InChI=1S/C31H41N3O8S2/c1-8-9-10-11-12-13-14-26(35)42-34-22(21-15-16-23(36-2)29(41-7)27(21)39-5)19-43-31-33-32-30(44-31)20-17-24(37-3)28(40-6)25(18-20)38-4/h15-18H,8-14,19H2,1-7H3/b34-22+. The molecule has 11 nitrogen and oxygen atoms in total. The van der Waals surface area contributed by atoms with E-state index in [1.54, 1.807) is 40.6 Å². The van der Waals surface area contributed by atoms with Crippen molar-refractivity contribution in [2.24, 2.45) is 5.16 Å². The lowest BCUT2D eigenvalue weighted by Gasteiger charge is -2.16. The molecule has 0 bridgehead atoms. The number of thioether (sulfide) groups is 1. The SMILES string of the molecule is CCCCCCCCC(=O)O/N=C(\CSc1nnc(-c2cc(OC)c(OC)c(OC)c2)s1)c1ccc(OC)c(OC)c1OC. The molecule has 0 aliphatic carbocycles. The molecule has 1 aromatic heterocycles. The number of carbonyl (C=O) groups is 1. The smallest absolute Gasteiger partial charge is 0.335 e. The number of carbonyl (C=O) groups excluding carboxylic acids is 1. The van der Waals surface area contributed by atoms with Crippen LogP contribution in [0.3, 0.4) is 0 Å². The number of oxime groups is 1. The van der Waals surface area contributed by atoms with E-state index in [4.69, 9.17) is 33.3 Å². The number of hydrogen-bond acceptors (Lipinski definition) is 13. The van der Waals surface area contributed by atoms with Crippen LogP contribution in [-0.4, -0.2) is 70.3 Å². The van der Waals surface area contributed by atoms with Gasteiger partial charge in [-0.1, -0.05) is 67.3 Å². The average molecular weight is 648 g/mol. The Bertz CT molecular complexity index is 1370. The Labute approximate surface area is 267 Å². The second kappa shape index (κ2) is 18.2.